The fourth-order valence-electron chi connectivity index (χ4n) is 1.01. The van der Waals surface area contributed by atoms with Crippen LogP contribution in [0.3, 0.4) is 0 Å². The van der Waals surface area contributed by atoms with Crippen molar-refractivity contribution in [2.75, 3.05) is 7.11 Å². The van der Waals surface area contributed by atoms with Gasteiger partial charge >= 0.3 is 11.7 Å². The normalized spacial score (nSPS) is 9.76. The molecule has 0 aromatic heterocycles. The number of nitro groups is 1. The highest BCUT2D eigenvalue weighted by Crippen LogP contribution is 2.32. The van der Waals surface area contributed by atoms with Crippen LogP contribution in [0.15, 0.2) is 23.1 Å². The van der Waals surface area contributed by atoms with Crippen molar-refractivity contribution in [3.8, 4) is 5.75 Å². The lowest BCUT2D eigenvalue weighted by Gasteiger charge is -2.04. The zero-order valence-electron chi connectivity index (χ0n) is 9.34. The molecule has 0 unspecified atom stereocenters. The minimum absolute atomic E-state index is 0.126. The Morgan fingerprint density at radius 3 is 2.76 bits per heavy atom. The van der Waals surface area contributed by atoms with E-state index in [-0.39, 0.29) is 23.8 Å². The van der Waals surface area contributed by atoms with Gasteiger partial charge in [-0.3, -0.25) is 14.9 Å². The first kappa shape index (κ1) is 13.3. The molecule has 92 valence electrons. The van der Waals surface area contributed by atoms with Crippen LogP contribution in [0.4, 0.5) is 5.69 Å². The summed E-state index contributed by atoms with van der Waals surface area (Å²) in [6.45, 7) is 1.68. The second kappa shape index (κ2) is 6.09. The summed E-state index contributed by atoms with van der Waals surface area (Å²) in [4.78, 5) is 21.6. The van der Waals surface area contributed by atoms with Crippen LogP contribution in [0.5, 0.6) is 5.75 Å². The van der Waals surface area contributed by atoms with Gasteiger partial charge in [0.25, 0.3) is 0 Å². The molecule has 0 spiro atoms. The molecule has 0 radical (unpaired) electrons. The number of ether oxygens (including phenoxy) is 1. The fourth-order valence-corrected chi connectivity index (χ4v) is 1.60. The summed E-state index contributed by atoms with van der Waals surface area (Å²) < 4.78 is 9.71. The summed E-state index contributed by atoms with van der Waals surface area (Å²) in [5.41, 5.74) is -0.126. The maximum Gasteiger partial charge on any atom is 0.317 e. The van der Waals surface area contributed by atoms with E-state index < -0.39 is 4.92 Å². The molecule has 0 saturated heterocycles. The highest BCUT2D eigenvalue weighted by molar-refractivity contribution is 7.95. The minimum Gasteiger partial charge on any atom is -0.490 e. The maximum atomic E-state index is 10.9. The molecule has 0 aliphatic heterocycles. The van der Waals surface area contributed by atoms with Gasteiger partial charge in [0.2, 0.25) is 0 Å². The van der Waals surface area contributed by atoms with Crippen molar-refractivity contribution in [3.05, 3.63) is 28.3 Å². The van der Waals surface area contributed by atoms with Crippen LogP contribution in [-0.4, -0.2) is 18.0 Å². The van der Waals surface area contributed by atoms with E-state index in [9.17, 15) is 14.9 Å². The average molecular weight is 257 g/mol. The molecular weight excluding hydrogens is 246 g/mol. The molecule has 0 saturated carbocycles. The van der Waals surface area contributed by atoms with Crippen molar-refractivity contribution in [1.82, 2.24) is 0 Å². The Labute approximate surface area is 102 Å². The topological polar surface area (TPSA) is 78.7 Å². The van der Waals surface area contributed by atoms with Gasteiger partial charge in [0.1, 0.15) is 0 Å². The Balaban J connectivity index is 2.82. The van der Waals surface area contributed by atoms with Gasteiger partial charge in [-0.15, -0.1) is 0 Å². The standard InChI is InChI=1S/C10H11NO5S/c1-3-10(12)16-17-7-4-5-8(11(13)14)9(6-7)15-2/h4-6H,3H2,1-2H3. The van der Waals surface area contributed by atoms with E-state index in [0.29, 0.717) is 4.90 Å². The largest absolute Gasteiger partial charge is 0.490 e. The van der Waals surface area contributed by atoms with Crippen molar-refractivity contribution in [2.24, 2.45) is 0 Å². The van der Waals surface area contributed by atoms with Gasteiger partial charge < -0.3 is 8.92 Å². The van der Waals surface area contributed by atoms with Gasteiger partial charge in [0.15, 0.2) is 5.75 Å². The lowest BCUT2D eigenvalue weighted by molar-refractivity contribution is -0.385. The molecule has 0 aliphatic rings. The number of hydrogen-bond acceptors (Lipinski definition) is 6. The smallest absolute Gasteiger partial charge is 0.317 e. The summed E-state index contributed by atoms with van der Waals surface area (Å²) in [7, 11) is 1.34. The molecular formula is C10H11NO5S. The number of carbonyl (C=O) groups excluding carboxylic acids is 1. The van der Waals surface area contributed by atoms with Gasteiger partial charge in [0.05, 0.1) is 29.0 Å². The Hall–Kier alpha value is -1.76. The highest BCUT2D eigenvalue weighted by atomic mass is 32.2. The molecule has 0 aliphatic carbocycles. The van der Waals surface area contributed by atoms with Gasteiger partial charge in [-0.05, 0) is 6.07 Å². The van der Waals surface area contributed by atoms with Gasteiger partial charge in [0, 0.05) is 18.6 Å². The van der Waals surface area contributed by atoms with E-state index in [1.54, 1.807) is 6.92 Å². The van der Waals surface area contributed by atoms with Crippen molar-refractivity contribution >= 4 is 23.7 Å². The second-order valence-electron chi connectivity index (χ2n) is 2.98. The molecule has 0 atom stereocenters. The van der Waals surface area contributed by atoms with E-state index in [1.807, 2.05) is 0 Å². The number of rotatable bonds is 5. The lowest BCUT2D eigenvalue weighted by atomic mass is 10.3. The highest BCUT2D eigenvalue weighted by Gasteiger charge is 2.15. The van der Waals surface area contributed by atoms with Crippen LogP contribution < -0.4 is 4.74 Å². The van der Waals surface area contributed by atoms with Crippen LogP contribution in [0.1, 0.15) is 13.3 Å². The summed E-state index contributed by atoms with van der Waals surface area (Å²) in [5, 5.41) is 10.6. The minimum atomic E-state index is -0.536. The number of methoxy groups -OCH3 is 1. The van der Waals surface area contributed by atoms with E-state index >= 15 is 0 Å². The van der Waals surface area contributed by atoms with Crippen LogP contribution in [0.2, 0.25) is 0 Å². The number of nitrogens with zero attached hydrogens (tertiary/aromatic N) is 1. The summed E-state index contributed by atoms with van der Waals surface area (Å²) in [6, 6.07) is 4.25. The van der Waals surface area contributed by atoms with Crippen LogP contribution in [-0.2, 0) is 8.98 Å². The van der Waals surface area contributed by atoms with Crippen LogP contribution >= 0.6 is 12.0 Å². The summed E-state index contributed by atoms with van der Waals surface area (Å²) in [5.74, 6) is -0.222. The van der Waals surface area contributed by atoms with Crippen LogP contribution in [0.25, 0.3) is 0 Å². The van der Waals surface area contributed by atoms with E-state index in [1.165, 1.54) is 25.3 Å². The number of carbonyl (C=O) groups is 1. The SMILES string of the molecule is CCC(=O)OSc1ccc([N+](=O)[O-])c(OC)c1. The van der Waals surface area contributed by atoms with Gasteiger partial charge in [-0.1, -0.05) is 6.92 Å². The average Bonchev–Trinajstić information content (AvgIpc) is 2.35. The first-order chi connectivity index (χ1) is 8.08. The lowest BCUT2D eigenvalue weighted by Crippen LogP contribution is -1.96. The zero-order chi connectivity index (χ0) is 12.8. The predicted octanol–water partition coefficient (Wildman–Crippen LogP) is 2.56. The Morgan fingerprint density at radius 2 is 2.24 bits per heavy atom. The second-order valence-corrected chi connectivity index (χ2v) is 3.79. The first-order valence-electron chi connectivity index (χ1n) is 4.78. The third kappa shape index (κ3) is 3.63. The molecule has 17 heavy (non-hydrogen) atoms. The Kier molecular flexibility index (Phi) is 4.77. The molecule has 7 heteroatoms. The number of benzene rings is 1. The number of nitro benzene ring substituents is 1. The maximum absolute atomic E-state index is 10.9. The third-order valence-electron chi connectivity index (χ3n) is 1.87. The fraction of sp³-hybridized carbons (Fsp3) is 0.300. The Morgan fingerprint density at radius 1 is 1.53 bits per heavy atom. The van der Waals surface area contributed by atoms with E-state index in [2.05, 4.69) is 0 Å². The van der Waals surface area contributed by atoms with Crippen molar-refractivity contribution in [3.63, 3.8) is 0 Å². The molecule has 6 nitrogen and oxygen atoms in total. The van der Waals surface area contributed by atoms with E-state index in [4.69, 9.17) is 8.92 Å². The van der Waals surface area contributed by atoms with Crippen LogP contribution in [0, 0.1) is 10.1 Å². The molecule has 1 aromatic carbocycles. The number of hydrogen-bond donors (Lipinski definition) is 0. The molecule has 0 fully saturated rings. The predicted molar refractivity (Wildman–Crippen MR) is 61.9 cm³/mol. The zero-order valence-corrected chi connectivity index (χ0v) is 10.2. The van der Waals surface area contributed by atoms with Crippen molar-refractivity contribution < 1.29 is 18.6 Å². The van der Waals surface area contributed by atoms with Crippen molar-refractivity contribution in [2.45, 2.75) is 18.2 Å². The Bertz CT molecular complexity index is 435. The molecule has 0 heterocycles. The summed E-state index contributed by atoms with van der Waals surface area (Å²) in [6.07, 6.45) is 0.275. The van der Waals surface area contributed by atoms with Crippen molar-refractivity contribution in [1.29, 1.82) is 0 Å². The summed E-state index contributed by atoms with van der Waals surface area (Å²) >= 11 is 0.851. The monoisotopic (exact) mass is 257 g/mol. The quantitative estimate of drug-likeness (QED) is 0.458. The molecule has 1 aromatic rings. The molecule has 0 bridgehead atoms. The van der Waals surface area contributed by atoms with Gasteiger partial charge in [-0.25, -0.2) is 0 Å². The first-order valence-corrected chi connectivity index (χ1v) is 5.52. The third-order valence-corrected chi connectivity index (χ3v) is 2.58. The molecule has 0 amide bonds. The molecule has 1 rings (SSSR count). The van der Waals surface area contributed by atoms with E-state index in [0.717, 1.165) is 12.0 Å². The van der Waals surface area contributed by atoms with Gasteiger partial charge in [-0.2, -0.15) is 0 Å². The molecule has 0 N–H and O–H groups in total.